The van der Waals surface area contributed by atoms with Gasteiger partial charge in [-0.3, -0.25) is 0 Å². The predicted molar refractivity (Wildman–Crippen MR) is 64.0 cm³/mol. The monoisotopic (exact) mass is 210 g/mol. The number of hydrogen-bond acceptors (Lipinski definition) is 3. The van der Waals surface area contributed by atoms with Gasteiger partial charge in [0.15, 0.2) is 0 Å². The lowest BCUT2D eigenvalue weighted by Crippen LogP contribution is -2.06. The average molecular weight is 210 g/mol. The number of nitrogens with zero attached hydrogens (tertiary/aromatic N) is 2. The number of benzene rings is 2. The summed E-state index contributed by atoms with van der Waals surface area (Å²) in [6.07, 6.45) is 1.56. The lowest BCUT2D eigenvalue weighted by Gasteiger charge is -2.04. The highest BCUT2D eigenvalue weighted by molar-refractivity contribution is 6.06. The van der Waals surface area contributed by atoms with E-state index in [2.05, 4.69) is 9.97 Å². The minimum Gasteiger partial charge on any atom is -0.512 e. The first-order chi connectivity index (χ1) is 7.77. The number of aromatic nitrogens is 2. The van der Waals surface area contributed by atoms with Crippen LogP contribution in [-0.4, -0.2) is 15.1 Å². The normalized spacial score (nSPS) is 13.3. The van der Waals surface area contributed by atoms with Crippen LogP contribution in [0, 0.1) is 0 Å². The Labute approximate surface area is 92.1 Å². The van der Waals surface area contributed by atoms with E-state index in [0.717, 1.165) is 27.0 Å². The van der Waals surface area contributed by atoms with E-state index in [0.29, 0.717) is 5.76 Å². The fourth-order valence-electron chi connectivity index (χ4n) is 2.05. The Morgan fingerprint density at radius 3 is 2.56 bits per heavy atom. The van der Waals surface area contributed by atoms with Crippen LogP contribution in [0.1, 0.15) is 6.92 Å². The Kier molecular flexibility index (Phi) is 1.80. The van der Waals surface area contributed by atoms with Crippen LogP contribution in [0.25, 0.3) is 27.6 Å². The first-order valence-corrected chi connectivity index (χ1v) is 5.09. The molecule has 0 amide bonds. The highest BCUT2D eigenvalue weighted by Gasteiger charge is 2.05. The molecule has 0 radical (unpaired) electrons. The van der Waals surface area contributed by atoms with Crippen molar-refractivity contribution in [2.24, 2.45) is 0 Å². The van der Waals surface area contributed by atoms with Crippen LogP contribution in [0.15, 0.2) is 36.7 Å². The van der Waals surface area contributed by atoms with Gasteiger partial charge in [-0.25, -0.2) is 9.97 Å². The van der Waals surface area contributed by atoms with Gasteiger partial charge < -0.3 is 5.11 Å². The molecule has 1 heterocycles. The fourth-order valence-corrected chi connectivity index (χ4v) is 2.05. The van der Waals surface area contributed by atoms with Crippen LogP contribution in [0.4, 0.5) is 0 Å². The van der Waals surface area contributed by atoms with Gasteiger partial charge in [-0.15, -0.1) is 0 Å². The van der Waals surface area contributed by atoms with Crippen molar-refractivity contribution in [3.63, 3.8) is 0 Å². The minimum absolute atomic E-state index is 0.318. The second kappa shape index (κ2) is 3.17. The second-order valence-corrected chi connectivity index (χ2v) is 3.79. The summed E-state index contributed by atoms with van der Waals surface area (Å²) >= 11 is 0. The van der Waals surface area contributed by atoms with Crippen molar-refractivity contribution < 1.29 is 5.11 Å². The Morgan fingerprint density at radius 2 is 1.81 bits per heavy atom. The highest BCUT2D eigenvalue weighted by Crippen LogP contribution is 2.20. The molecule has 78 valence electrons. The maximum absolute atomic E-state index is 9.64. The molecular formula is C13H10N2O. The molecule has 16 heavy (non-hydrogen) atoms. The van der Waals surface area contributed by atoms with Crippen molar-refractivity contribution in [1.29, 1.82) is 0 Å². The van der Waals surface area contributed by atoms with Crippen LogP contribution < -0.4 is 5.22 Å². The fraction of sp³-hybridized carbons (Fsp3) is 0.0769. The van der Waals surface area contributed by atoms with Crippen LogP contribution in [-0.2, 0) is 0 Å². The van der Waals surface area contributed by atoms with E-state index in [1.807, 2.05) is 30.3 Å². The number of rotatable bonds is 0. The molecule has 0 spiro atoms. The van der Waals surface area contributed by atoms with Gasteiger partial charge in [0.1, 0.15) is 6.33 Å². The number of hydrogen-bond donors (Lipinski definition) is 1. The molecule has 0 bridgehead atoms. The van der Waals surface area contributed by atoms with Gasteiger partial charge in [-0.2, -0.15) is 0 Å². The predicted octanol–water partition coefficient (Wildman–Crippen LogP) is 2.19. The minimum atomic E-state index is 0.318. The smallest absolute Gasteiger partial charge is 0.116 e. The summed E-state index contributed by atoms with van der Waals surface area (Å²) in [5, 5.41) is 12.5. The molecule has 0 saturated carbocycles. The van der Waals surface area contributed by atoms with Gasteiger partial charge in [0.05, 0.1) is 16.8 Å². The second-order valence-electron chi connectivity index (χ2n) is 3.79. The summed E-state index contributed by atoms with van der Waals surface area (Å²) < 4.78 is 0. The SMILES string of the molecule is C/C(O)=c1/ccc2ncnc3cccc1c32. The van der Waals surface area contributed by atoms with Crippen molar-refractivity contribution in [3.8, 4) is 0 Å². The van der Waals surface area contributed by atoms with Crippen LogP contribution in [0.5, 0.6) is 0 Å². The third-order valence-corrected chi connectivity index (χ3v) is 2.78. The van der Waals surface area contributed by atoms with E-state index in [4.69, 9.17) is 0 Å². The maximum Gasteiger partial charge on any atom is 0.116 e. The Balaban J connectivity index is 2.72. The molecule has 3 aromatic rings. The lowest BCUT2D eigenvalue weighted by atomic mass is 10.1. The van der Waals surface area contributed by atoms with Gasteiger partial charge in [0.25, 0.3) is 0 Å². The summed E-state index contributed by atoms with van der Waals surface area (Å²) in [6, 6.07) is 9.67. The molecular weight excluding hydrogens is 200 g/mol. The first kappa shape index (κ1) is 9.09. The third-order valence-electron chi connectivity index (χ3n) is 2.78. The van der Waals surface area contributed by atoms with Gasteiger partial charge in [0.2, 0.25) is 0 Å². The largest absolute Gasteiger partial charge is 0.512 e. The molecule has 3 nitrogen and oxygen atoms in total. The zero-order valence-electron chi connectivity index (χ0n) is 8.81. The molecule has 0 aliphatic rings. The molecule has 3 heteroatoms. The summed E-state index contributed by atoms with van der Waals surface area (Å²) in [5.74, 6) is 0.318. The summed E-state index contributed by atoms with van der Waals surface area (Å²) in [4.78, 5) is 8.46. The summed E-state index contributed by atoms with van der Waals surface area (Å²) in [7, 11) is 0. The number of aliphatic hydroxyl groups excluding tert-OH is 1. The van der Waals surface area contributed by atoms with Crippen molar-refractivity contribution in [1.82, 2.24) is 9.97 Å². The summed E-state index contributed by atoms with van der Waals surface area (Å²) in [5.41, 5.74) is 1.82. The zero-order chi connectivity index (χ0) is 11.1. The molecule has 0 atom stereocenters. The molecule has 3 rings (SSSR count). The van der Waals surface area contributed by atoms with E-state index >= 15 is 0 Å². The van der Waals surface area contributed by atoms with Crippen molar-refractivity contribution in [2.75, 3.05) is 0 Å². The quantitative estimate of drug-likeness (QED) is 0.618. The molecule has 0 fully saturated rings. The van der Waals surface area contributed by atoms with Crippen molar-refractivity contribution >= 4 is 27.6 Å². The van der Waals surface area contributed by atoms with Crippen molar-refractivity contribution in [2.45, 2.75) is 6.92 Å². The van der Waals surface area contributed by atoms with E-state index in [-0.39, 0.29) is 0 Å². The lowest BCUT2D eigenvalue weighted by molar-refractivity contribution is 0.499. The van der Waals surface area contributed by atoms with E-state index < -0.39 is 0 Å². The Morgan fingerprint density at radius 1 is 1.06 bits per heavy atom. The molecule has 0 aliphatic carbocycles. The van der Waals surface area contributed by atoms with Crippen LogP contribution in [0.3, 0.4) is 0 Å². The highest BCUT2D eigenvalue weighted by atomic mass is 16.3. The molecule has 0 aliphatic heterocycles. The molecule has 1 N–H and O–H groups in total. The van der Waals surface area contributed by atoms with Gasteiger partial charge >= 0.3 is 0 Å². The topological polar surface area (TPSA) is 46.0 Å². The van der Waals surface area contributed by atoms with Gasteiger partial charge in [0, 0.05) is 10.6 Å². The number of aliphatic hydroxyl groups is 1. The van der Waals surface area contributed by atoms with Gasteiger partial charge in [-0.05, 0) is 30.5 Å². The standard InChI is InChI=1S/C13H10N2O/c1-8(16)9-5-6-12-13-10(9)3-2-4-11(13)14-7-15-12/h2-7,16H,1H3/b9-8+. The Hall–Kier alpha value is -2.16. The van der Waals surface area contributed by atoms with E-state index in [1.165, 1.54) is 0 Å². The molecule has 1 aromatic heterocycles. The summed E-state index contributed by atoms with van der Waals surface area (Å²) in [6.45, 7) is 1.69. The average Bonchev–Trinajstić information content (AvgIpc) is 2.30. The molecule has 0 unspecified atom stereocenters. The van der Waals surface area contributed by atoms with Gasteiger partial charge in [-0.1, -0.05) is 12.1 Å². The Bertz CT molecular complexity index is 707. The zero-order valence-corrected chi connectivity index (χ0v) is 8.81. The third kappa shape index (κ3) is 1.15. The molecule has 0 saturated heterocycles. The first-order valence-electron chi connectivity index (χ1n) is 5.09. The van der Waals surface area contributed by atoms with Crippen LogP contribution in [0.2, 0.25) is 0 Å². The molecule has 2 aromatic carbocycles. The van der Waals surface area contributed by atoms with Crippen molar-refractivity contribution in [3.05, 3.63) is 41.9 Å². The van der Waals surface area contributed by atoms with Crippen LogP contribution >= 0.6 is 0 Å². The van der Waals surface area contributed by atoms with E-state index in [9.17, 15) is 5.11 Å². The maximum atomic E-state index is 9.64. The van der Waals surface area contributed by atoms with E-state index in [1.54, 1.807) is 13.3 Å².